The first-order valence-corrected chi connectivity index (χ1v) is 8.59. The van der Waals surface area contributed by atoms with Crippen molar-refractivity contribution in [3.8, 4) is 0 Å². The Hall–Kier alpha value is -1.16. The van der Waals surface area contributed by atoms with Crippen molar-refractivity contribution < 1.29 is 4.79 Å². The van der Waals surface area contributed by atoms with Crippen LogP contribution < -0.4 is 10.2 Å². The monoisotopic (exact) mass is 292 g/mol. The van der Waals surface area contributed by atoms with Crippen molar-refractivity contribution in [3.05, 3.63) is 23.8 Å². The highest BCUT2D eigenvalue weighted by molar-refractivity contribution is 7.99. The van der Waals surface area contributed by atoms with E-state index < -0.39 is 0 Å². The third kappa shape index (κ3) is 4.17. The fraction of sp³-hybridized carbons (Fsp3) is 0.562. The van der Waals surface area contributed by atoms with Crippen molar-refractivity contribution in [2.24, 2.45) is 0 Å². The van der Waals surface area contributed by atoms with Gasteiger partial charge in [-0.1, -0.05) is 13.3 Å². The van der Waals surface area contributed by atoms with E-state index >= 15 is 0 Å². The van der Waals surface area contributed by atoms with E-state index in [0.29, 0.717) is 6.42 Å². The molecule has 4 heteroatoms. The average Bonchev–Trinajstić information content (AvgIpc) is 2.48. The molecule has 1 N–H and O–H groups in total. The van der Waals surface area contributed by atoms with Gasteiger partial charge in [0.1, 0.15) is 0 Å². The van der Waals surface area contributed by atoms with Crippen LogP contribution in [0.2, 0.25) is 0 Å². The molecule has 2 rings (SSSR count). The molecule has 0 atom stereocenters. The van der Waals surface area contributed by atoms with E-state index in [0.717, 1.165) is 37.2 Å². The van der Waals surface area contributed by atoms with Crippen LogP contribution in [0.5, 0.6) is 0 Å². The number of anilines is 2. The van der Waals surface area contributed by atoms with Gasteiger partial charge in [-0.05, 0) is 37.1 Å². The lowest BCUT2D eigenvalue weighted by Gasteiger charge is -2.29. The van der Waals surface area contributed by atoms with E-state index in [-0.39, 0.29) is 5.91 Å². The molecule has 1 heterocycles. The molecule has 0 saturated carbocycles. The van der Waals surface area contributed by atoms with Gasteiger partial charge in [0.25, 0.3) is 0 Å². The molecule has 0 bridgehead atoms. The summed E-state index contributed by atoms with van der Waals surface area (Å²) in [5.41, 5.74) is 3.36. The van der Waals surface area contributed by atoms with E-state index in [9.17, 15) is 4.79 Å². The molecule has 1 fully saturated rings. The Kier molecular flexibility index (Phi) is 5.77. The molecule has 20 heavy (non-hydrogen) atoms. The third-order valence-electron chi connectivity index (χ3n) is 3.62. The van der Waals surface area contributed by atoms with Gasteiger partial charge in [-0.15, -0.1) is 0 Å². The zero-order valence-corrected chi connectivity index (χ0v) is 13.3. The molecule has 110 valence electrons. The normalized spacial score (nSPS) is 15.2. The number of rotatable bonds is 5. The number of aryl methyl sites for hydroxylation is 1. The Morgan fingerprint density at radius 3 is 2.75 bits per heavy atom. The van der Waals surface area contributed by atoms with E-state index in [4.69, 9.17) is 0 Å². The van der Waals surface area contributed by atoms with Crippen LogP contribution in [0.1, 0.15) is 31.7 Å². The lowest BCUT2D eigenvalue weighted by atomic mass is 10.1. The molecule has 0 radical (unpaired) electrons. The number of thioether (sulfide) groups is 1. The maximum atomic E-state index is 11.8. The molecule has 3 nitrogen and oxygen atoms in total. The molecule has 1 aliphatic heterocycles. The predicted octanol–water partition coefficient (Wildman–Crippen LogP) is 3.68. The second-order valence-corrected chi connectivity index (χ2v) is 6.48. The molecule has 0 spiro atoms. The van der Waals surface area contributed by atoms with E-state index in [2.05, 4.69) is 36.2 Å². The SMILES string of the molecule is CCCCC(=O)Nc1ccc(N2CCSCC2)cc1C. The summed E-state index contributed by atoms with van der Waals surface area (Å²) in [6.45, 7) is 6.40. The molecule has 0 unspecified atom stereocenters. The molecule has 0 aromatic heterocycles. The molecular weight excluding hydrogens is 268 g/mol. The van der Waals surface area contributed by atoms with Crippen molar-refractivity contribution in [1.29, 1.82) is 0 Å². The van der Waals surface area contributed by atoms with Gasteiger partial charge < -0.3 is 10.2 Å². The summed E-state index contributed by atoms with van der Waals surface area (Å²) in [5, 5.41) is 3.01. The summed E-state index contributed by atoms with van der Waals surface area (Å²) < 4.78 is 0. The van der Waals surface area contributed by atoms with Gasteiger partial charge in [0.15, 0.2) is 0 Å². The lowest BCUT2D eigenvalue weighted by Crippen LogP contribution is -2.32. The molecular formula is C16H24N2OS. The van der Waals surface area contributed by atoms with Crippen LogP contribution >= 0.6 is 11.8 Å². The second-order valence-electron chi connectivity index (χ2n) is 5.25. The third-order valence-corrected chi connectivity index (χ3v) is 4.56. The summed E-state index contributed by atoms with van der Waals surface area (Å²) in [7, 11) is 0. The Morgan fingerprint density at radius 2 is 2.10 bits per heavy atom. The molecule has 1 aromatic carbocycles. The van der Waals surface area contributed by atoms with Crippen LogP contribution in [0.25, 0.3) is 0 Å². The van der Waals surface area contributed by atoms with Crippen LogP contribution in [-0.2, 0) is 4.79 Å². The number of unbranched alkanes of at least 4 members (excludes halogenated alkanes) is 1. The number of hydrogen-bond acceptors (Lipinski definition) is 3. The van der Waals surface area contributed by atoms with Gasteiger partial charge in [0.2, 0.25) is 5.91 Å². The summed E-state index contributed by atoms with van der Waals surface area (Å²) in [5.74, 6) is 2.53. The summed E-state index contributed by atoms with van der Waals surface area (Å²) in [4.78, 5) is 14.2. The predicted molar refractivity (Wildman–Crippen MR) is 88.9 cm³/mol. The van der Waals surface area contributed by atoms with Gasteiger partial charge in [-0.2, -0.15) is 11.8 Å². The molecule has 1 amide bonds. The summed E-state index contributed by atoms with van der Waals surface area (Å²) in [6.07, 6.45) is 2.62. The zero-order valence-electron chi connectivity index (χ0n) is 12.4. The zero-order chi connectivity index (χ0) is 14.4. The summed E-state index contributed by atoms with van der Waals surface area (Å²) >= 11 is 2.02. The van der Waals surface area contributed by atoms with Gasteiger partial charge >= 0.3 is 0 Å². The fourth-order valence-corrected chi connectivity index (χ4v) is 3.26. The number of hydrogen-bond donors (Lipinski definition) is 1. The summed E-state index contributed by atoms with van der Waals surface area (Å²) in [6, 6.07) is 6.35. The average molecular weight is 292 g/mol. The highest BCUT2D eigenvalue weighted by atomic mass is 32.2. The molecule has 1 aromatic rings. The van der Waals surface area contributed by atoms with Crippen molar-refractivity contribution in [2.75, 3.05) is 34.8 Å². The highest BCUT2D eigenvalue weighted by Crippen LogP contribution is 2.25. The topological polar surface area (TPSA) is 32.3 Å². The van der Waals surface area contributed by atoms with Crippen LogP contribution in [0.3, 0.4) is 0 Å². The van der Waals surface area contributed by atoms with Gasteiger partial charge in [-0.25, -0.2) is 0 Å². The van der Waals surface area contributed by atoms with Crippen molar-refractivity contribution in [3.63, 3.8) is 0 Å². The minimum Gasteiger partial charge on any atom is -0.370 e. The number of nitrogens with one attached hydrogen (secondary N) is 1. The largest absolute Gasteiger partial charge is 0.370 e. The molecule has 1 saturated heterocycles. The number of carbonyl (C=O) groups is 1. The smallest absolute Gasteiger partial charge is 0.224 e. The van der Waals surface area contributed by atoms with Crippen molar-refractivity contribution in [2.45, 2.75) is 33.1 Å². The van der Waals surface area contributed by atoms with Crippen molar-refractivity contribution >= 4 is 29.0 Å². The van der Waals surface area contributed by atoms with E-state index in [1.54, 1.807) is 0 Å². The standard InChI is InChI=1S/C16H24N2OS/c1-3-4-5-16(19)17-15-7-6-14(12-13(15)2)18-8-10-20-11-9-18/h6-7,12H,3-5,8-11H2,1-2H3,(H,17,19). The maximum Gasteiger partial charge on any atom is 0.224 e. The number of nitrogens with zero attached hydrogens (tertiary/aromatic N) is 1. The molecule has 0 aliphatic carbocycles. The van der Waals surface area contributed by atoms with Crippen molar-refractivity contribution in [1.82, 2.24) is 0 Å². The van der Waals surface area contributed by atoms with E-state index in [1.807, 2.05) is 17.8 Å². The number of amides is 1. The number of carbonyl (C=O) groups excluding carboxylic acids is 1. The quantitative estimate of drug-likeness (QED) is 0.898. The Balaban J connectivity index is 2.00. The van der Waals surface area contributed by atoms with Gasteiger partial charge in [0.05, 0.1) is 0 Å². The first kappa shape index (κ1) is 15.2. The first-order valence-electron chi connectivity index (χ1n) is 7.44. The van der Waals surface area contributed by atoms with Crippen LogP contribution in [0, 0.1) is 6.92 Å². The lowest BCUT2D eigenvalue weighted by molar-refractivity contribution is -0.116. The van der Waals surface area contributed by atoms with Crippen LogP contribution in [0.15, 0.2) is 18.2 Å². The minimum absolute atomic E-state index is 0.122. The van der Waals surface area contributed by atoms with Crippen LogP contribution in [0.4, 0.5) is 11.4 Å². The van der Waals surface area contributed by atoms with E-state index in [1.165, 1.54) is 17.2 Å². The number of benzene rings is 1. The van der Waals surface area contributed by atoms with Gasteiger partial charge in [0, 0.05) is 42.4 Å². The Labute approximate surface area is 126 Å². The fourth-order valence-electron chi connectivity index (χ4n) is 2.36. The maximum absolute atomic E-state index is 11.8. The second kappa shape index (κ2) is 7.58. The highest BCUT2D eigenvalue weighted by Gasteiger charge is 2.12. The Morgan fingerprint density at radius 1 is 1.35 bits per heavy atom. The Bertz CT molecular complexity index is 456. The molecule has 1 aliphatic rings. The first-order chi connectivity index (χ1) is 9.70. The van der Waals surface area contributed by atoms with Gasteiger partial charge in [-0.3, -0.25) is 4.79 Å². The van der Waals surface area contributed by atoms with Crippen LogP contribution in [-0.4, -0.2) is 30.5 Å². The minimum atomic E-state index is 0.122.